The lowest BCUT2D eigenvalue weighted by molar-refractivity contribution is 0.0978. The first kappa shape index (κ1) is 30.0. The van der Waals surface area contributed by atoms with Gasteiger partial charge in [0.1, 0.15) is 11.6 Å². The van der Waals surface area contributed by atoms with Crippen LogP contribution in [0.25, 0.3) is 11.3 Å². The first-order valence-corrected chi connectivity index (χ1v) is 15.6. The fraction of sp³-hybridized carbons (Fsp3) is 0.312. The molecule has 41 heavy (non-hydrogen) atoms. The topological polar surface area (TPSA) is 113 Å². The molecule has 9 heteroatoms. The molecule has 0 unspecified atom stereocenters. The van der Waals surface area contributed by atoms with Gasteiger partial charge in [-0.2, -0.15) is 4.31 Å². The Labute approximate surface area is 242 Å². The molecule has 0 aliphatic rings. The molecule has 0 radical (unpaired) electrons. The van der Waals surface area contributed by atoms with E-state index in [1.807, 2.05) is 49.4 Å². The zero-order valence-corrected chi connectivity index (χ0v) is 24.3. The minimum absolute atomic E-state index is 0.0266. The lowest BCUT2D eigenvalue weighted by Crippen LogP contribution is -2.30. The summed E-state index contributed by atoms with van der Waals surface area (Å²) >= 11 is 0. The quantitative estimate of drug-likeness (QED) is 0.156. The second-order valence-corrected chi connectivity index (χ2v) is 12.2. The molecule has 214 valence electrons. The summed E-state index contributed by atoms with van der Waals surface area (Å²) in [5, 5.41) is 9.45. The van der Waals surface area contributed by atoms with Crippen molar-refractivity contribution in [1.29, 1.82) is 0 Å². The Morgan fingerprint density at radius 2 is 1.68 bits per heavy atom. The third-order valence-electron chi connectivity index (χ3n) is 6.93. The largest absolute Gasteiger partial charge is 0.508 e. The number of aryl methyl sites for hydroxylation is 3. The van der Waals surface area contributed by atoms with Crippen LogP contribution >= 0.6 is 0 Å². The van der Waals surface area contributed by atoms with E-state index in [9.17, 15) is 18.3 Å². The highest BCUT2D eigenvalue weighted by Gasteiger charge is 2.18. The summed E-state index contributed by atoms with van der Waals surface area (Å²) in [6.45, 7) is 2.39. The number of hydrogen-bond donors (Lipinski definition) is 1. The number of Topliss-reactive ketones (excluding diaryl/α,β-unsaturated/α-hetero) is 1. The van der Waals surface area contributed by atoms with Crippen LogP contribution in [0.5, 0.6) is 5.75 Å². The third kappa shape index (κ3) is 9.03. The molecule has 0 atom stereocenters. The van der Waals surface area contributed by atoms with Gasteiger partial charge in [0.05, 0.1) is 11.9 Å². The van der Waals surface area contributed by atoms with Gasteiger partial charge in [-0.05, 0) is 80.1 Å². The third-order valence-corrected chi connectivity index (χ3v) is 8.18. The van der Waals surface area contributed by atoms with Crippen molar-refractivity contribution in [2.45, 2.75) is 52.0 Å². The summed E-state index contributed by atoms with van der Waals surface area (Å²) in [7, 11) is -3.44. The smallest absolute Gasteiger partial charge is 0.211 e. The van der Waals surface area contributed by atoms with Gasteiger partial charge in [-0.15, -0.1) is 0 Å². The van der Waals surface area contributed by atoms with Crippen molar-refractivity contribution in [3.05, 3.63) is 107 Å². The second-order valence-electron chi connectivity index (χ2n) is 10.2. The zero-order valence-electron chi connectivity index (χ0n) is 23.5. The molecular weight excluding hydrogens is 536 g/mol. The van der Waals surface area contributed by atoms with Crippen LogP contribution in [0.3, 0.4) is 0 Å². The molecule has 2 aromatic carbocycles. The number of phenolic OH excluding ortho intramolecular Hbond substituents is 1. The van der Waals surface area contributed by atoms with Gasteiger partial charge in [0.2, 0.25) is 10.0 Å². The maximum atomic E-state index is 12.6. The maximum absolute atomic E-state index is 12.6. The van der Waals surface area contributed by atoms with Crippen LogP contribution in [-0.2, 0) is 29.4 Å². The normalized spacial score (nSPS) is 11.6. The minimum atomic E-state index is -3.44. The number of aromatic nitrogens is 3. The standard InChI is InChI=1S/C32H36N4O4S/c1-24-29(11-7-19-33-24)31(38)12-3-4-21-36(41(2,39)40)23-26-9-5-10-27(22-26)30-18-20-34-32(35-30)13-6-8-25-14-16-28(37)17-15-25/h5,7,9-11,14-20,22,37H,3-4,6,8,12-13,21,23H2,1-2H3. The molecule has 0 fully saturated rings. The highest BCUT2D eigenvalue weighted by molar-refractivity contribution is 7.88. The molecule has 1 N–H and O–H groups in total. The molecule has 0 saturated heterocycles. The van der Waals surface area contributed by atoms with E-state index in [1.54, 1.807) is 36.7 Å². The van der Waals surface area contributed by atoms with Crippen molar-refractivity contribution in [3.8, 4) is 17.0 Å². The Balaban J connectivity index is 1.34. The fourth-order valence-electron chi connectivity index (χ4n) is 4.68. The summed E-state index contributed by atoms with van der Waals surface area (Å²) in [5.74, 6) is 1.04. The summed E-state index contributed by atoms with van der Waals surface area (Å²) in [5.41, 5.74) is 5.03. The summed E-state index contributed by atoms with van der Waals surface area (Å²) in [6, 6.07) is 20.4. The Bertz CT molecular complexity index is 1570. The van der Waals surface area contributed by atoms with Crippen LogP contribution in [-0.4, -0.2) is 51.4 Å². The molecule has 0 amide bonds. The van der Waals surface area contributed by atoms with Gasteiger partial charge in [-0.25, -0.2) is 18.4 Å². The average Bonchev–Trinajstić information content (AvgIpc) is 2.95. The van der Waals surface area contributed by atoms with Gasteiger partial charge < -0.3 is 5.11 Å². The highest BCUT2D eigenvalue weighted by atomic mass is 32.2. The van der Waals surface area contributed by atoms with Crippen molar-refractivity contribution >= 4 is 15.8 Å². The van der Waals surface area contributed by atoms with E-state index < -0.39 is 10.0 Å². The number of carbonyl (C=O) groups is 1. The van der Waals surface area contributed by atoms with Crippen LogP contribution in [0.2, 0.25) is 0 Å². The van der Waals surface area contributed by atoms with Crippen molar-refractivity contribution in [2.75, 3.05) is 12.8 Å². The summed E-state index contributed by atoms with van der Waals surface area (Å²) in [6.07, 6.45) is 8.62. The number of benzene rings is 2. The first-order chi connectivity index (χ1) is 19.7. The minimum Gasteiger partial charge on any atom is -0.508 e. The van der Waals surface area contributed by atoms with Crippen LogP contribution in [0.15, 0.2) is 79.1 Å². The van der Waals surface area contributed by atoms with Crippen LogP contribution < -0.4 is 0 Å². The first-order valence-electron chi connectivity index (χ1n) is 13.8. The van der Waals surface area contributed by atoms with Gasteiger partial charge >= 0.3 is 0 Å². The number of carbonyl (C=O) groups excluding carboxylic acids is 1. The van der Waals surface area contributed by atoms with Crippen molar-refractivity contribution in [1.82, 2.24) is 19.3 Å². The van der Waals surface area contributed by atoms with E-state index in [4.69, 9.17) is 4.98 Å². The maximum Gasteiger partial charge on any atom is 0.211 e. The van der Waals surface area contributed by atoms with Gasteiger partial charge in [0, 0.05) is 55.1 Å². The predicted molar refractivity (Wildman–Crippen MR) is 160 cm³/mol. The number of sulfonamides is 1. The fourth-order valence-corrected chi connectivity index (χ4v) is 5.52. The molecule has 0 aliphatic heterocycles. The average molecular weight is 573 g/mol. The Hall–Kier alpha value is -3.95. The van der Waals surface area contributed by atoms with Crippen LogP contribution in [0.1, 0.15) is 58.7 Å². The van der Waals surface area contributed by atoms with E-state index in [-0.39, 0.29) is 18.1 Å². The number of unbranched alkanes of at least 4 members (excludes halogenated alkanes) is 1. The molecule has 4 rings (SSSR count). The van der Waals surface area contributed by atoms with Gasteiger partial charge in [-0.3, -0.25) is 9.78 Å². The number of ketones is 1. The Morgan fingerprint density at radius 1 is 0.878 bits per heavy atom. The van der Waals surface area contributed by atoms with E-state index in [1.165, 1.54) is 10.6 Å². The van der Waals surface area contributed by atoms with Crippen molar-refractivity contribution < 1.29 is 18.3 Å². The van der Waals surface area contributed by atoms with Crippen molar-refractivity contribution in [3.63, 3.8) is 0 Å². The molecule has 0 bridgehead atoms. The molecule has 0 saturated carbocycles. The van der Waals surface area contributed by atoms with E-state index in [2.05, 4.69) is 9.97 Å². The van der Waals surface area contributed by atoms with Gasteiger partial charge in [0.15, 0.2) is 5.78 Å². The number of phenols is 1. The summed E-state index contributed by atoms with van der Waals surface area (Å²) < 4.78 is 26.6. The molecule has 2 aromatic heterocycles. The van der Waals surface area contributed by atoms with E-state index in [0.29, 0.717) is 37.1 Å². The number of pyridine rings is 1. The Morgan fingerprint density at radius 3 is 2.44 bits per heavy atom. The molecule has 0 aliphatic carbocycles. The molecule has 0 spiro atoms. The molecule has 8 nitrogen and oxygen atoms in total. The SMILES string of the molecule is Cc1ncccc1C(=O)CCCCN(Cc1cccc(-c2ccnc(CCCc3ccc(O)cc3)n2)c1)S(C)(=O)=O. The monoisotopic (exact) mass is 572 g/mol. The predicted octanol–water partition coefficient (Wildman–Crippen LogP) is 5.54. The Kier molecular flexibility index (Phi) is 10.3. The molecule has 2 heterocycles. The van der Waals surface area contributed by atoms with Gasteiger partial charge in [-0.1, -0.05) is 30.3 Å². The molecule has 4 aromatic rings. The number of hydrogen-bond acceptors (Lipinski definition) is 7. The zero-order chi connectivity index (χ0) is 29.2. The molecular formula is C32H36N4O4S. The second kappa shape index (κ2) is 14.1. The lowest BCUT2D eigenvalue weighted by Gasteiger charge is -2.20. The number of aromatic hydroxyl groups is 1. The number of rotatable bonds is 14. The van der Waals surface area contributed by atoms with Crippen LogP contribution in [0.4, 0.5) is 0 Å². The van der Waals surface area contributed by atoms with Gasteiger partial charge in [0.25, 0.3) is 0 Å². The van der Waals surface area contributed by atoms with Crippen LogP contribution in [0, 0.1) is 6.92 Å². The van der Waals surface area contributed by atoms with Crippen molar-refractivity contribution in [2.24, 2.45) is 0 Å². The number of nitrogens with zero attached hydrogens (tertiary/aromatic N) is 4. The lowest BCUT2D eigenvalue weighted by atomic mass is 10.0. The van der Waals surface area contributed by atoms with E-state index >= 15 is 0 Å². The highest BCUT2D eigenvalue weighted by Crippen LogP contribution is 2.21. The summed E-state index contributed by atoms with van der Waals surface area (Å²) in [4.78, 5) is 25.9. The van der Waals surface area contributed by atoms with E-state index in [0.717, 1.165) is 47.5 Å².